The van der Waals surface area contributed by atoms with Crippen molar-refractivity contribution in [1.82, 2.24) is 15.1 Å². The molecule has 4 aromatic rings. The molecule has 2 heterocycles. The molecule has 4 rings (SSSR count). The molecule has 1 amide bonds. The van der Waals surface area contributed by atoms with Crippen LogP contribution in [0.15, 0.2) is 84.4 Å². The van der Waals surface area contributed by atoms with Gasteiger partial charge < -0.3 is 5.32 Å². The van der Waals surface area contributed by atoms with E-state index in [4.69, 9.17) is 0 Å². The molecule has 0 radical (unpaired) electrons. The third kappa shape index (κ3) is 3.99. The Bertz CT molecular complexity index is 1010. The van der Waals surface area contributed by atoms with E-state index < -0.39 is 0 Å². The van der Waals surface area contributed by atoms with Crippen LogP contribution in [-0.2, 0) is 6.42 Å². The molecule has 0 saturated heterocycles. The average molecular weight is 373 g/mol. The minimum atomic E-state index is -0.104. The zero-order chi connectivity index (χ0) is 18.5. The Balaban J connectivity index is 1.61. The predicted molar refractivity (Wildman–Crippen MR) is 109 cm³/mol. The molecule has 4 nitrogen and oxygen atoms in total. The highest BCUT2D eigenvalue weighted by Gasteiger charge is 2.18. The fraction of sp³-hybridized carbons (Fsp3) is 0.0909. The van der Waals surface area contributed by atoms with Gasteiger partial charge in [0, 0.05) is 23.2 Å². The molecule has 2 aromatic heterocycles. The summed E-state index contributed by atoms with van der Waals surface area (Å²) in [7, 11) is 0. The van der Waals surface area contributed by atoms with Crippen molar-refractivity contribution in [1.29, 1.82) is 0 Å². The summed E-state index contributed by atoms with van der Waals surface area (Å²) in [6.45, 7) is 0.601. The summed E-state index contributed by atoms with van der Waals surface area (Å²) < 4.78 is 1.76. The van der Waals surface area contributed by atoms with Crippen molar-refractivity contribution in [2.75, 3.05) is 6.54 Å². The van der Waals surface area contributed by atoms with Crippen molar-refractivity contribution in [3.05, 3.63) is 94.8 Å². The second-order valence-corrected chi connectivity index (χ2v) is 7.16. The van der Waals surface area contributed by atoms with Crippen molar-refractivity contribution < 1.29 is 4.79 Å². The van der Waals surface area contributed by atoms with E-state index in [1.165, 1.54) is 4.88 Å². The number of hydrogen-bond donors (Lipinski definition) is 1. The van der Waals surface area contributed by atoms with Gasteiger partial charge in [-0.1, -0.05) is 54.6 Å². The molecule has 1 N–H and O–H groups in total. The zero-order valence-corrected chi connectivity index (χ0v) is 15.5. The minimum absolute atomic E-state index is 0.104. The van der Waals surface area contributed by atoms with Gasteiger partial charge in [-0.3, -0.25) is 4.79 Å². The Morgan fingerprint density at radius 3 is 2.41 bits per heavy atom. The normalized spacial score (nSPS) is 10.7. The smallest absolute Gasteiger partial charge is 0.255 e. The number of carbonyl (C=O) groups is 1. The van der Waals surface area contributed by atoms with E-state index in [1.54, 1.807) is 22.2 Å². The summed E-state index contributed by atoms with van der Waals surface area (Å²) in [6.07, 6.45) is 2.63. The molecular weight excluding hydrogens is 354 g/mol. The molecule has 0 saturated carbocycles. The fourth-order valence-corrected chi connectivity index (χ4v) is 3.62. The van der Waals surface area contributed by atoms with Gasteiger partial charge in [0.05, 0.1) is 11.3 Å². The van der Waals surface area contributed by atoms with Crippen LogP contribution in [0, 0.1) is 0 Å². The van der Waals surface area contributed by atoms with Crippen molar-refractivity contribution >= 4 is 17.2 Å². The Morgan fingerprint density at radius 1 is 0.963 bits per heavy atom. The van der Waals surface area contributed by atoms with Crippen LogP contribution in [0.4, 0.5) is 0 Å². The molecule has 27 heavy (non-hydrogen) atoms. The summed E-state index contributed by atoms with van der Waals surface area (Å²) in [6, 6.07) is 23.7. The fourth-order valence-electron chi connectivity index (χ4n) is 2.91. The number of benzene rings is 2. The van der Waals surface area contributed by atoms with Gasteiger partial charge in [0.1, 0.15) is 5.69 Å². The van der Waals surface area contributed by atoms with Crippen LogP contribution < -0.4 is 5.32 Å². The third-order valence-electron chi connectivity index (χ3n) is 4.26. The molecule has 0 unspecified atom stereocenters. The van der Waals surface area contributed by atoms with Crippen LogP contribution in [0.25, 0.3) is 16.9 Å². The maximum Gasteiger partial charge on any atom is 0.255 e. The Morgan fingerprint density at radius 2 is 1.70 bits per heavy atom. The number of amides is 1. The number of para-hydroxylation sites is 1. The van der Waals surface area contributed by atoms with E-state index in [-0.39, 0.29) is 5.91 Å². The second kappa shape index (κ2) is 8.01. The largest absolute Gasteiger partial charge is 0.352 e. The molecule has 0 bridgehead atoms. The summed E-state index contributed by atoms with van der Waals surface area (Å²) in [4.78, 5) is 14.1. The predicted octanol–water partition coefficient (Wildman–Crippen LogP) is 4.57. The van der Waals surface area contributed by atoms with Crippen LogP contribution in [-0.4, -0.2) is 22.2 Å². The Labute approximate surface area is 162 Å². The van der Waals surface area contributed by atoms with Crippen molar-refractivity contribution in [3.8, 4) is 16.9 Å². The number of hydrogen-bond acceptors (Lipinski definition) is 3. The minimum Gasteiger partial charge on any atom is -0.352 e. The van der Waals surface area contributed by atoms with E-state index in [0.29, 0.717) is 17.8 Å². The number of rotatable bonds is 6. The molecule has 0 aliphatic carbocycles. The third-order valence-corrected chi connectivity index (χ3v) is 5.20. The van der Waals surface area contributed by atoms with E-state index in [0.717, 1.165) is 17.7 Å². The molecule has 0 atom stereocenters. The monoisotopic (exact) mass is 373 g/mol. The average Bonchev–Trinajstić information content (AvgIpc) is 3.39. The zero-order valence-electron chi connectivity index (χ0n) is 14.7. The molecule has 0 aliphatic rings. The molecule has 0 aliphatic heterocycles. The lowest BCUT2D eigenvalue weighted by molar-refractivity contribution is 0.0955. The maximum atomic E-state index is 12.9. The first-order valence-electron chi connectivity index (χ1n) is 8.82. The van der Waals surface area contributed by atoms with Gasteiger partial charge in [-0.2, -0.15) is 5.10 Å². The lowest BCUT2D eigenvalue weighted by Gasteiger charge is -2.04. The van der Waals surface area contributed by atoms with Gasteiger partial charge in [-0.25, -0.2) is 4.68 Å². The number of thiophene rings is 1. The van der Waals surface area contributed by atoms with E-state index in [9.17, 15) is 4.79 Å². The lowest BCUT2D eigenvalue weighted by Crippen LogP contribution is -2.25. The highest BCUT2D eigenvalue weighted by Crippen LogP contribution is 2.23. The van der Waals surface area contributed by atoms with Crippen LogP contribution in [0.3, 0.4) is 0 Å². The number of nitrogens with zero attached hydrogens (tertiary/aromatic N) is 2. The molecular formula is C22H19N3OS. The first kappa shape index (κ1) is 17.2. The van der Waals surface area contributed by atoms with Crippen LogP contribution in [0.5, 0.6) is 0 Å². The first-order valence-corrected chi connectivity index (χ1v) is 9.70. The molecule has 0 spiro atoms. The summed E-state index contributed by atoms with van der Waals surface area (Å²) in [5, 5.41) is 9.76. The molecule has 0 fully saturated rings. The topological polar surface area (TPSA) is 46.9 Å². The van der Waals surface area contributed by atoms with Gasteiger partial charge in [-0.05, 0) is 30.0 Å². The maximum absolute atomic E-state index is 12.9. The molecule has 5 heteroatoms. The standard InChI is InChI=1S/C22H19N3OS/c26-22(23-14-13-19-12-7-15-27-19)20-16-25(18-10-5-2-6-11-18)24-21(20)17-8-3-1-4-9-17/h1-12,15-16H,13-14H2,(H,23,26). The van der Waals surface area contributed by atoms with Crippen molar-refractivity contribution in [2.24, 2.45) is 0 Å². The number of carbonyl (C=O) groups excluding carboxylic acids is 1. The van der Waals surface area contributed by atoms with Gasteiger partial charge in [0.15, 0.2) is 0 Å². The first-order chi connectivity index (χ1) is 13.3. The van der Waals surface area contributed by atoms with Crippen LogP contribution in [0.2, 0.25) is 0 Å². The number of nitrogens with one attached hydrogen (secondary N) is 1. The summed E-state index contributed by atoms with van der Waals surface area (Å²) >= 11 is 1.70. The Hall–Kier alpha value is -3.18. The van der Waals surface area contributed by atoms with E-state index in [1.807, 2.05) is 66.7 Å². The van der Waals surface area contributed by atoms with Crippen LogP contribution >= 0.6 is 11.3 Å². The van der Waals surface area contributed by atoms with Gasteiger partial charge in [-0.15, -0.1) is 11.3 Å². The molecule has 134 valence electrons. The van der Waals surface area contributed by atoms with Crippen LogP contribution in [0.1, 0.15) is 15.2 Å². The SMILES string of the molecule is O=C(NCCc1cccs1)c1cn(-c2ccccc2)nc1-c1ccccc1. The van der Waals surface area contributed by atoms with E-state index >= 15 is 0 Å². The summed E-state index contributed by atoms with van der Waals surface area (Å²) in [5.74, 6) is -0.104. The Kier molecular flexibility index (Phi) is 5.12. The highest BCUT2D eigenvalue weighted by molar-refractivity contribution is 7.09. The quantitative estimate of drug-likeness (QED) is 0.538. The summed E-state index contributed by atoms with van der Waals surface area (Å²) in [5.41, 5.74) is 3.12. The molecule has 2 aromatic carbocycles. The lowest BCUT2D eigenvalue weighted by atomic mass is 10.1. The van der Waals surface area contributed by atoms with Gasteiger partial charge in [0.2, 0.25) is 0 Å². The highest BCUT2D eigenvalue weighted by atomic mass is 32.1. The van der Waals surface area contributed by atoms with Gasteiger partial charge in [0.25, 0.3) is 5.91 Å². The second-order valence-electron chi connectivity index (χ2n) is 6.12. The van der Waals surface area contributed by atoms with E-state index in [2.05, 4.69) is 21.9 Å². The van der Waals surface area contributed by atoms with Crippen molar-refractivity contribution in [3.63, 3.8) is 0 Å². The van der Waals surface area contributed by atoms with Gasteiger partial charge >= 0.3 is 0 Å². The van der Waals surface area contributed by atoms with Crippen molar-refractivity contribution in [2.45, 2.75) is 6.42 Å². The number of aromatic nitrogens is 2.